The Morgan fingerprint density at radius 2 is 1.82 bits per heavy atom. The minimum atomic E-state index is -0.723. The van der Waals surface area contributed by atoms with E-state index in [1.807, 2.05) is 13.8 Å². The molecule has 2 heterocycles. The summed E-state index contributed by atoms with van der Waals surface area (Å²) in [6, 6.07) is 9.32. The third-order valence-corrected chi connectivity index (χ3v) is 4.71. The van der Waals surface area contributed by atoms with Gasteiger partial charge in [-0.05, 0) is 43.7 Å². The summed E-state index contributed by atoms with van der Waals surface area (Å²) >= 11 is 5.99. The number of ketones is 1. The van der Waals surface area contributed by atoms with Crippen LogP contribution >= 0.6 is 11.6 Å². The highest BCUT2D eigenvalue weighted by atomic mass is 35.5. The predicted molar refractivity (Wildman–Crippen MR) is 106 cm³/mol. The van der Waals surface area contributed by atoms with Crippen LogP contribution in [0, 0.1) is 0 Å². The molecule has 146 valence electrons. The number of rotatable bonds is 6. The zero-order valence-corrected chi connectivity index (χ0v) is 16.4. The van der Waals surface area contributed by atoms with Gasteiger partial charge in [0.15, 0.2) is 0 Å². The van der Waals surface area contributed by atoms with Crippen LogP contribution in [0.1, 0.15) is 31.0 Å². The molecule has 28 heavy (non-hydrogen) atoms. The lowest BCUT2D eigenvalue weighted by molar-refractivity contribution is -0.140. The van der Waals surface area contributed by atoms with Gasteiger partial charge in [-0.15, -0.1) is 0 Å². The van der Waals surface area contributed by atoms with Gasteiger partial charge in [0.1, 0.15) is 5.76 Å². The maximum absolute atomic E-state index is 12.8. The van der Waals surface area contributed by atoms with E-state index < -0.39 is 17.7 Å². The highest BCUT2D eigenvalue weighted by Gasteiger charge is 2.45. The fourth-order valence-corrected chi connectivity index (χ4v) is 3.28. The Morgan fingerprint density at radius 3 is 2.43 bits per heavy atom. The van der Waals surface area contributed by atoms with Crippen molar-refractivity contribution in [2.45, 2.75) is 26.0 Å². The number of hydrogen-bond acceptors (Lipinski definition) is 5. The van der Waals surface area contributed by atoms with Crippen molar-refractivity contribution in [1.82, 2.24) is 9.88 Å². The van der Waals surface area contributed by atoms with Crippen LogP contribution in [0.25, 0.3) is 5.76 Å². The number of amides is 1. The number of pyridine rings is 1. The van der Waals surface area contributed by atoms with Crippen molar-refractivity contribution >= 4 is 29.1 Å². The summed E-state index contributed by atoms with van der Waals surface area (Å²) in [5, 5.41) is 11.4. The van der Waals surface area contributed by atoms with Gasteiger partial charge in [-0.2, -0.15) is 0 Å². The number of aromatic nitrogens is 1. The van der Waals surface area contributed by atoms with Crippen LogP contribution in [0.5, 0.6) is 0 Å². The number of halogens is 1. The first-order chi connectivity index (χ1) is 13.4. The van der Waals surface area contributed by atoms with E-state index in [0.717, 1.165) is 0 Å². The number of aliphatic hydroxyl groups is 1. The molecule has 1 N–H and O–H groups in total. The molecule has 3 rings (SSSR count). The first-order valence-electron chi connectivity index (χ1n) is 8.96. The lowest BCUT2D eigenvalue weighted by Crippen LogP contribution is -2.33. The van der Waals surface area contributed by atoms with Gasteiger partial charge in [0.2, 0.25) is 0 Å². The van der Waals surface area contributed by atoms with E-state index in [1.54, 1.807) is 36.4 Å². The molecule has 0 spiro atoms. The molecule has 1 atom stereocenters. The van der Waals surface area contributed by atoms with Crippen LogP contribution in [0.2, 0.25) is 5.02 Å². The van der Waals surface area contributed by atoms with Gasteiger partial charge in [0.05, 0.1) is 24.3 Å². The van der Waals surface area contributed by atoms with Crippen molar-refractivity contribution in [2.24, 2.45) is 0 Å². The molecule has 1 aromatic carbocycles. The minimum Gasteiger partial charge on any atom is -0.507 e. The smallest absolute Gasteiger partial charge is 0.295 e. The lowest BCUT2D eigenvalue weighted by atomic mass is 9.95. The van der Waals surface area contributed by atoms with E-state index >= 15 is 0 Å². The van der Waals surface area contributed by atoms with Crippen LogP contribution in [0.3, 0.4) is 0 Å². The number of aliphatic hydroxyl groups excluding tert-OH is 1. The van der Waals surface area contributed by atoms with Crippen LogP contribution in [0.4, 0.5) is 0 Å². The van der Waals surface area contributed by atoms with Gasteiger partial charge in [0, 0.05) is 29.5 Å². The molecule has 1 fully saturated rings. The average Bonchev–Trinajstić information content (AvgIpc) is 2.93. The van der Waals surface area contributed by atoms with Gasteiger partial charge in [-0.25, -0.2) is 0 Å². The minimum absolute atomic E-state index is 0.00243. The summed E-state index contributed by atoms with van der Waals surface area (Å²) in [7, 11) is 0. The summed E-state index contributed by atoms with van der Waals surface area (Å²) in [6.45, 7) is 4.30. The second-order valence-electron chi connectivity index (χ2n) is 6.70. The summed E-state index contributed by atoms with van der Waals surface area (Å²) < 4.78 is 5.56. The Hall–Kier alpha value is -2.70. The number of hydrogen-bond donors (Lipinski definition) is 1. The maximum atomic E-state index is 12.8. The molecule has 0 saturated carbocycles. The molecule has 0 radical (unpaired) electrons. The van der Waals surface area contributed by atoms with Gasteiger partial charge in [-0.3, -0.25) is 14.6 Å². The fraction of sp³-hybridized carbons (Fsp3) is 0.286. The Labute approximate surface area is 168 Å². The first-order valence-corrected chi connectivity index (χ1v) is 9.34. The third-order valence-electron chi connectivity index (χ3n) is 4.46. The van der Waals surface area contributed by atoms with Gasteiger partial charge in [0.25, 0.3) is 11.7 Å². The predicted octanol–water partition coefficient (Wildman–Crippen LogP) is 3.58. The quantitative estimate of drug-likeness (QED) is 0.455. The normalized spacial score (nSPS) is 18.9. The molecular formula is C21H21ClN2O4. The van der Waals surface area contributed by atoms with Gasteiger partial charge >= 0.3 is 0 Å². The van der Waals surface area contributed by atoms with E-state index in [1.165, 1.54) is 17.3 Å². The van der Waals surface area contributed by atoms with Crippen molar-refractivity contribution in [1.29, 1.82) is 0 Å². The average molecular weight is 401 g/mol. The van der Waals surface area contributed by atoms with Crippen LogP contribution in [0.15, 0.2) is 54.4 Å². The van der Waals surface area contributed by atoms with Crippen LogP contribution < -0.4 is 0 Å². The molecule has 1 aromatic heterocycles. The van der Waals surface area contributed by atoms with Gasteiger partial charge in [-0.1, -0.05) is 23.7 Å². The van der Waals surface area contributed by atoms with E-state index in [0.29, 0.717) is 16.1 Å². The number of carbonyl (C=O) groups is 2. The standard InChI is InChI=1S/C21H21ClN2O4/c1-13(2)28-12-11-24-18(14-3-5-16(22)6-4-14)17(20(26)21(24)27)19(25)15-7-9-23-10-8-15/h3-10,13,18,25H,11-12H2,1-2H3/b19-17-. The number of nitrogens with zero attached hydrogens (tertiary/aromatic N) is 2. The summed E-state index contributed by atoms with van der Waals surface area (Å²) in [4.78, 5) is 30.9. The molecule has 0 bridgehead atoms. The monoisotopic (exact) mass is 400 g/mol. The topological polar surface area (TPSA) is 79.7 Å². The molecule has 7 heteroatoms. The van der Waals surface area contributed by atoms with Gasteiger partial charge < -0.3 is 14.7 Å². The molecule has 1 unspecified atom stereocenters. The summed E-state index contributed by atoms with van der Waals surface area (Å²) in [5.74, 6) is -1.62. The zero-order chi connectivity index (χ0) is 20.3. The second kappa shape index (κ2) is 8.54. The zero-order valence-electron chi connectivity index (χ0n) is 15.6. The highest BCUT2D eigenvalue weighted by molar-refractivity contribution is 6.46. The molecular weight excluding hydrogens is 380 g/mol. The number of ether oxygens (including phenoxy) is 1. The fourth-order valence-electron chi connectivity index (χ4n) is 3.15. The molecule has 2 aromatic rings. The largest absolute Gasteiger partial charge is 0.507 e. The van der Waals surface area contributed by atoms with Crippen molar-refractivity contribution in [3.63, 3.8) is 0 Å². The Kier molecular flexibility index (Phi) is 6.11. The molecule has 6 nitrogen and oxygen atoms in total. The molecule has 1 aliphatic rings. The van der Waals surface area contributed by atoms with E-state index in [4.69, 9.17) is 16.3 Å². The number of benzene rings is 1. The van der Waals surface area contributed by atoms with Crippen LogP contribution in [-0.4, -0.2) is 45.9 Å². The highest BCUT2D eigenvalue weighted by Crippen LogP contribution is 2.39. The molecule has 1 amide bonds. The van der Waals surface area contributed by atoms with Crippen LogP contribution in [-0.2, 0) is 14.3 Å². The van der Waals surface area contributed by atoms with E-state index in [2.05, 4.69) is 4.98 Å². The van der Waals surface area contributed by atoms with Crippen molar-refractivity contribution in [3.8, 4) is 0 Å². The van der Waals surface area contributed by atoms with E-state index in [9.17, 15) is 14.7 Å². The second-order valence-corrected chi connectivity index (χ2v) is 7.14. The number of likely N-dealkylation sites (tertiary alicyclic amines) is 1. The number of carbonyl (C=O) groups excluding carboxylic acids is 2. The summed E-state index contributed by atoms with van der Waals surface area (Å²) in [5.41, 5.74) is 1.15. The summed E-state index contributed by atoms with van der Waals surface area (Å²) in [6.07, 6.45) is 3.03. The Bertz CT molecular complexity index is 894. The molecule has 1 saturated heterocycles. The van der Waals surface area contributed by atoms with Crippen molar-refractivity contribution < 1.29 is 19.4 Å². The maximum Gasteiger partial charge on any atom is 0.295 e. The third kappa shape index (κ3) is 4.08. The lowest BCUT2D eigenvalue weighted by Gasteiger charge is -2.25. The molecule has 0 aliphatic carbocycles. The SMILES string of the molecule is CC(C)OCCN1C(=O)C(=O)/C(=C(\O)c2ccncc2)C1c1ccc(Cl)cc1. The number of Topliss-reactive ketones (excluding diaryl/α,β-unsaturated/α-hetero) is 1. The van der Waals surface area contributed by atoms with E-state index in [-0.39, 0.29) is 30.6 Å². The Balaban J connectivity index is 2.07. The van der Waals surface area contributed by atoms with Crippen molar-refractivity contribution in [3.05, 3.63) is 70.5 Å². The first kappa shape index (κ1) is 20.0. The molecule has 1 aliphatic heterocycles. The Morgan fingerprint density at radius 1 is 1.18 bits per heavy atom. The van der Waals surface area contributed by atoms with Crippen molar-refractivity contribution in [2.75, 3.05) is 13.2 Å².